The molecule has 1 heterocycles. The second kappa shape index (κ2) is 9.14. The molecule has 2 aliphatic carbocycles. The lowest BCUT2D eigenvalue weighted by Crippen LogP contribution is -2.45. The minimum atomic E-state index is -3.25. The van der Waals surface area contributed by atoms with Crippen LogP contribution in [0.15, 0.2) is 29.2 Å². The first-order chi connectivity index (χ1) is 13.0. The molecular weight excluding hydrogens is 396 g/mol. The number of amides is 1. The molecule has 0 radical (unpaired) electrons. The summed E-state index contributed by atoms with van der Waals surface area (Å²) in [6.07, 6.45) is 8.20. The van der Waals surface area contributed by atoms with Crippen molar-refractivity contribution >= 4 is 28.2 Å². The Morgan fingerprint density at radius 3 is 2.14 bits per heavy atom. The molecule has 0 spiro atoms. The third-order valence-corrected chi connectivity index (χ3v) is 8.62. The number of nitrogens with one attached hydrogen (secondary N) is 1. The van der Waals surface area contributed by atoms with Crippen molar-refractivity contribution in [2.24, 2.45) is 5.92 Å². The van der Waals surface area contributed by atoms with E-state index in [1.165, 1.54) is 12.8 Å². The summed E-state index contributed by atoms with van der Waals surface area (Å²) in [6, 6.07) is 7.12. The van der Waals surface area contributed by atoms with E-state index >= 15 is 0 Å². The van der Waals surface area contributed by atoms with E-state index in [2.05, 4.69) is 5.32 Å². The molecule has 0 atom stereocenters. The standard InChI is InChI=1S/C21H30N2O3S.ClH/c24-21(23-13-11-18(12-14-23)22-15-16-5-6-16)17-7-9-20(10-8-17)27(25,26)19-3-1-2-4-19;/h7-10,16,18-19,22H,1-6,11-15H2;1H. The van der Waals surface area contributed by atoms with E-state index in [1.807, 2.05) is 4.90 Å². The van der Waals surface area contributed by atoms with Gasteiger partial charge in [-0.2, -0.15) is 0 Å². The highest BCUT2D eigenvalue weighted by Crippen LogP contribution is 2.30. The number of hydrogen-bond acceptors (Lipinski definition) is 4. The van der Waals surface area contributed by atoms with E-state index in [0.29, 0.717) is 16.5 Å². The van der Waals surface area contributed by atoms with Crippen LogP contribution in [0, 0.1) is 5.92 Å². The second-order valence-electron chi connectivity index (χ2n) is 8.39. The molecule has 1 N–H and O–H groups in total. The number of nitrogens with zero attached hydrogens (tertiary/aromatic N) is 1. The lowest BCUT2D eigenvalue weighted by atomic mass is 10.0. The van der Waals surface area contributed by atoms with Crippen LogP contribution in [0.3, 0.4) is 0 Å². The highest BCUT2D eigenvalue weighted by molar-refractivity contribution is 7.92. The Labute approximate surface area is 174 Å². The number of benzene rings is 1. The van der Waals surface area contributed by atoms with E-state index < -0.39 is 9.84 Å². The van der Waals surface area contributed by atoms with Gasteiger partial charge >= 0.3 is 0 Å². The summed E-state index contributed by atoms with van der Waals surface area (Å²) in [6.45, 7) is 2.65. The molecule has 7 heteroatoms. The summed E-state index contributed by atoms with van der Waals surface area (Å²) in [5.74, 6) is 0.893. The summed E-state index contributed by atoms with van der Waals surface area (Å²) in [7, 11) is -3.25. The highest BCUT2D eigenvalue weighted by Gasteiger charge is 2.31. The normalized spacial score (nSPS) is 21.5. The van der Waals surface area contributed by atoms with E-state index in [0.717, 1.165) is 64.1 Å². The van der Waals surface area contributed by atoms with Gasteiger partial charge in [-0.25, -0.2) is 8.42 Å². The average molecular weight is 427 g/mol. The molecule has 0 aromatic heterocycles. The predicted octanol–water partition coefficient (Wildman–Crippen LogP) is 3.43. The molecule has 1 aromatic carbocycles. The fourth-order valence-corrected chi connectivity index (χ4v) is 6.16. The molecule has 0 bridgehead atoms. The van der Waals surface area contributed by atoms with Crippen LogP contribution >= 0.6 is 12.4 Å². The van der Waals surface area contributed by atoms with Crippen molar-refractivity contribution in [1.29, 1.82) is 0 Å². The fourth-order valence-electron chi connectivity index (χ4n) is 4.30. The summed E-state index contributed by atoms with van der Waals surface area (Å²) in [5, 5.41) is 3.38. The molecule has 28 heavy (non-hydrogen) atoms. The molecular formula is C21H31ClN2O3S. The Hall–Kier alpha value is -1.11. The quantitative estimate of drug-likeness (QED) is 0.756. The van der Waals surface area contributed by atoms with Gasteiger partial charge in [-0.05, 0) is 75.3 Å². The molecule has 3 aliphatic rings. The number of carbonyl (C=O) groups is 1. The van der Waals surface area contributed by atoms with Gasteiger partial charge in [-0.1, -0.05) is 12.8 Å². The van der Waals surface area contributed by atoms with Gasteiger partial charge < -0.3 is 10.2 Å². The molecule has 1 aromatic rings. The van der Waals surface area contributed by atoms with Crippen molar-refractivity contribution in [3.05, 3.63) is 29.8 Å². The van der Waals surface area contributed by atoms with Crippen LogP contribution in [-0.4, -0.2) is 50.2 Å². The second-order valence-corrected chi connectivity index (χ2v) is 10.6. The van der Waals surface area contributed by atoms with Crippen LogP contribution in [0.5, 0.6) is 0 Å². The molecule has 1 amide bonds. The van der Waals surface area contributed by atoms with Crippen molar-refractivity contribution in [3.8, 4) is 0 Å². The zero-order valence-corrected chi connectivity index (χ0v) is 17.9. The van der Waals surface area contributed by atoms with Crippen LogP contribution < -0.4 is 5.32 Å². The minimum absolute atomic E-state index is 0. The lowest BCUT2D eigenvalue weighted by molar-refractivity contribution is 0.0705. The van der Waals surface area contributed by atoms with E-state index in [9.17, 15) is 13.2 Å². The van der Waals surface area contributed by atoms with Gasteiger partial charge in [-0.15, -0.1) is 12.4 Å². The highest BCUT2D eigenvalue weighted by atomic mass is 35.5. The van der Waals surface area contributed by atoms with Gasteiger partial charge in [0.25, 0.3) is 5.91 Å². The largest absolute Gasteiger partial charge is 0.339 e. The van der Waals surface area contributed by atoms with Gasteiger partial charge in [0, 0.05) is 24.7 Å². The summed E-state index contributed by atoms with van der Waals surface area (Å²) in [4.78, 5) is 15.0. The Morgan fingerprint density at radius 2 is 1.57 bits per heavy atom. The minimum Gasteiger partial charge on any atom is -0.339 e. The van der Waals surface area contributed by atoms with Crippen molar-refractivity contribution in [2.45, 2.75) is 67.6 Å². The van der Waals surface area contributed by atoms with Crippen molar-refractivity contribution in [2.75, 3.05) is 19.6 Å². The Morgan fingerprint density at radius 1 is 0.964 bits per heavy atom. The van der Waals surface area contributed by atoms with Gasteiger partial charge in [-0.3, -0.25) is 4.79 Å². The number of likely N-dealkylation sites (tertiary alicyclic amines) is 1. The SMILES string of the molecule is Cl.O=C(c1ccc(S(=O)(=O)C2CCCC2)cc1)N1CCC(NCC2CC2)CC1. The number of sulfone groups is 1. The maximum atomic E-state index is 12.8. The number of piperidine rings is 1. The van der Waals surface area contributed by atoms with E-state index in [4.69, 9.17) is 0 Å². The van der Waals surface area contributed by atoms with Crippen molar-refractivity contribution in [1.82, 2.24) is 10.2 Å². The lowest BCUT2D eigenvalue weighted by Gasteiger charge is -2.32. The van der Waals surface area contributed by atoms with Gasteiger partial charge in [0.1, 0.15) is 0 Å². The maximum absolute atomic E-state index is 12.8. The monoisotopic (exact) mass is 426 g/mol. The van der Waals surface area contributed by atoms with Crippen LogP contribution in [0.25, 0.3) is 0 Å². The van der Waals surface area contributed by atoms with E-state index in [1.54, 1.807) is 24.3 Å². The number of halogens is 1. The number of rotatable bonds is 6. The molecule has 156 valence electrons. The van der Waals surface area contributed by atoms with E-state index in [-0.39, 0.29) is 23.6 Å². The molecule has 2 saturated carbocycles. The van der Waals surface area contributed by atoms with Crippen LogP contribution in [0.2, 0.25) is 0 Å². The first-order valence-corrected chi connectivity index (χ1v) is 12.0. The van der Waals surface area contributed by atoms with Crippen molar-refractivity contribution < 1.29 is 13.2 Å². The molecule has 4 rings (SSSR count). The Bertz CT molecular complexity index is 763. The Balaban J connectivity index is 0.00000225. The topological polar surface area (TPSA) is 66.5 Å². The van der Waals surface area contributed by atoms with Gasteiger partial charge in [0.2, 0.25) is 0 Å². The smallest absolute Gasteiger partial charge is 0.253 e. The maximum Gasteiger partial charge on any atom is 0.253 e. The predicted molar refractivity (Wildman–Crippen MR) is 113 cm³/mol. The van der Waals surface area contributed by atoms with Crippen LogP contribution in [0.1, 0.15) is 61.7 Å². The van der Waals surface area contributed by atoms with Crippen LogP contribution in [0.4, 0.5) is 0 Å². The number of hydrogen-bond donors (Lipinski definition) is 1. The third-order valence-electron chi connectivity index (χ3n) is 6.35. The first kappa shape index (κ1) is 21.6. The summed E-state index contributed by atoms with van der Waals surface area (Å²) < 4.78 is 25.3. The fraction of sp³-hybridized carbons (Fsp3) is 0.667. The molecule has 3 fully saturated rings. The number of carbonyl (C=O) groups excluding carboxylic acids is 1. The molecule has 0 unspecified atom stereocenters. The van der Waals surface area contributed by atoms with Gasteiger partial charge in [0.05, 0.1) is 10.1 Å². The third kappa shape index (κ3) is 4.89. The first-order valence-electron chi connectivity index (χ1n) is 10.4. The average Bonchev–Trinajstić information content (AvgIpc) is 3.35. The van der Waals surface area contributed by atoms with Gasteiger partial charge in [0.15, 0.2) is 9.84 Å². The zero-order chi connectivity index (χ0) is 18.9. The van der Waals surface area contributed by atoms with Crippen molar-refractivity contribution in [3.63, 3.8) is 0 Å². The summed E-state index contributed by atoms with van der Waals surface area (Å²) >= 11 is 0. The van der Waals surface area contributed by atoms with Crippen LogP contribution in [-0.2, 0) is 9.84 Å². The Kier molecular flexibility index (Phi) is 7.05. The molecule has 5 nitrogen and oxygen atoms in total. The molecule has 1 saturated heterocycles. The summed E-state index contributed by atoms with van der Waals surface area (Å²) in [5.41, 5.74) is 0.588. The zero-order valence-electron chi connectivity index (χ0n) is 16.3. The molecule has 1 aliphatic heterocycles.